The molecule has 0 bridgehead atoms. The first-order valence-corrected chi connectivity index (χ1v) is 13.2. The molecule has 2 aliphatic heterocycles. The summed E-state index contributed by atoms with van der Waals surface area (Å²) in [7, 11) is -3.91. The van der Waals surface area contributed by atoms with Crippen LogP contribution >= 0.6 is 0 Å². The number of guanidine groups is 1. The SMILES string of the molecule is NC1=Nc2[nH]ncc2C(N)N1C1Cc2ccccc2N(S(=O)(=O)c2ccc(Oc3ccccc3)cc2)C1. The zero-order chi connectivity index (χ0) is 25.6. The van der Waals surface area contributed by atoms with Crippen molar-refractivity contribution in [2.75, 3.05) is 10.8 Å². The summed E-state index contributed by atoms with van der Waals surface area (Å²) < 4.78 is 35.1. The molecule has 1 aromatic heterocycles. The minimum absolute atomic E-state index is 0.152. The minimum atomic E-state index is -3.91. The van der Waals surface area contributed by atoms with Gasteiger partial charge in [-0.2, -0.15) is 10.1 Å². The van der Waals surface area contributed by atoms with E-state index in [1.165, 1.54) is 4.31 Å². The smallest absolute Gasteiger partial charge is 0.264 e. The fourth-order valence-corrected chi connectivity index (χ4v) is 6.39. The van der Waals surface area contributed by atoms with E-state index in [4.69, 9.17) is 16.2 Å². The zero-order valence-electron chi connectivity index (χ0n) is 19.7. The number of para-hydroxylation sites is 2. The maximum absolute atomic E-state index is 13.9. The summed E-state index contributed by atoms with van der Waals surface area (Å²) in [6.07, 6.45) is 1.57. The molecule has 2 aliphatic rings. The van der Waals surface area contributed by atoms with E-state index in [1.54, 1.807) is 35.4 Å². The first kappa shape index (κ1) is 23.1. The number of anilines is 1. The number of aromatic nitrogens is 2. The summed E-state index contributed by atoms with van der Waals surface area (Å²) >= 11 is 0. The van der Waals surface area contributed by atoms with Crippen molar-refractivity contribution in [1.82, 2.24) is 15.1 Å². The predicted molar refractivity (Wildman–Crippen MR) is 140 cm³/mol. The summed E-state index contributed by atoms with van der Waals surface area (Å²) in [5.41, 5.74) is 15.1. The number of hydrogen-bond acceptors (Lipinski definition) is 8. The van der Waals surface area contributed by atoms with Crippen LogP contribution in [0.25, 0.3) is 0 Å². The van der Waals surface area contributed by atoms with Crippen molar-refractivity contribution in [3.63, 3.8) is 0 Å². The number of benzene rings is 3. The average Bonchev–Trinajstić information content (AvgIpc) is 3.38. The number of nitrogens with one attached hydrogen (secondary N) is 1. The van der Waals surface area contributed by atoms with Crippen molar-refractivity contribution in [2.45, 2.75) is 23.5 Å². The van der Waals surface area contributed by atoms with Gasteiger partial charge in [-0.25, -0.2) is 8.42 Å². The maximum Gasteiger partial charge on any atom is 0.264 e. The summed E-state index contributed by atoms with van der Waals surface area (Å²) in [5.74, 6) is 1.94. The molecule has 3 aromatic carbocycles. The van der Waals surface area contributed by atoms with Crippen molar-refractivity contribution in [2.24, 2.45) is 16.5 Å². The molecule has 2 unspecified atom stereocenters. The first-order chi connectivity index (χ1) is 17.9. The summed E-state index contributed by atoms with van der Waals surface area (Å²) in [6.45, 7) is 0.152. The number of rotatable bonds is 5. The Labute approximate surface area is 214 Å². The van der Waals surface area contributed by atoms with E-state index in [1.807, 2.05) is 54.6 Å². The molecule has 0 fully saturated rings. The monoisotopic (exact) mass is 515 g/mol. The fraction of sp³-hybridized carbons (Fsp3) is 0.154. The van der Waals surface area contributed by atoms with Crippen molar-refractivity contribution in [3.8, 4) is 11.5 Å². The molecular formula is C26H25N7O3S. The van der Waals surface area contributed by atoms with Crippen LogP contribution in [-0.4, -0.2) is 42.1 Å². The van der Waals surface area contributed by atoms with Gasteiger partial charge in [0.05, 0.1) is 34.9 Å². The Morgan fingerprint density at radius 3 is 2.43 bits per heavy atom. The van der Waals surface area contributed by atoms with Crippen LogP contribution in [-0.2, 0) is 16.4 Å². The fourth-order valence-electron chi connectivity index (χ4n) is 4.85. The molecule has 11 heteroatoms. The molecule has 10 nitrogen and oxygen atoms in total. The standard InChI is InChI=1S/C26H25N7O3S/c27-24-22-15-29-31-25(22)30-26(28)33(24)18-14-17-6-4-5-9-23(17)32(16-18)37(34,35)21-12-10-20(11-13-21)36-19-7-2-1-3-8-19/h1-13,15,18,24H,14,16,27H2,(H3,28,29,30,31). The lowest BCUT2D eigenvalue weighted by Crippen LogP contribution is -2.57. The molecule has 0 radical (unpaired) electrons. The molecule has 2 atom stereocenters. The van der Waals surface area contributed by atoms with E-state index < -0.39 is 16.2 Å². The van der Waals surface area contributed by atoms with Crippen LogP contribution in [0.4, 0.5) is 11.5 Å². The van der Waals surface area contributed by atoms with Gasteiger partial charge in [0.15, 0.2) is 11.8 Å². The van der Waals surface area contributed by atoms with Gasteiger partial charge < -0.3 is 21.1 Å². The third-order valence-corrected chi connectivity index (χ3v) is 8.43. The number of nitrogens with two attached hydrogens (primary N) is 2. The van der Waals surface area contributed by atoms with E-state index in [0.29, 0.717) is 35.0 Å². The van der Waals surface area contributed by atoms with E-state index in [0.717, 1.165) is 5.56 Å². The second-order valence-electron chi connectivity index (χ2n) is 8.91. The quantitative estimate of drug-likeness (QED) is 0.370. The number of ether oxygens (including phenoxy) is 1. The Balaban J connectivity index is 1.32. The highest BCUT2D eigenvalue weighted by molar-refractivity contribution is 7.92. The Hall–Kier alpha value is -4.35. The number of fused-ring (bicyclic) bond motifs is 2. The van der Waals surface area contributed by atoms with Crippen molar-refractivity contribution >= 4 is 27.5 Å². The highest BCUT2D eigenvalue weighted by Crippen LogP contribution is 2.37. The van der Waals surface area contributed by atoms with Crippen molar-refractivity contribution in [1.29, 1.82) is 0 Å². The lowest BCUT2D eigenvalue weighted by Gasteiger charge is -2.44. The van der Waals surface area contributed by atoms with E-state index in [-0.39, 0.29) is 23.4 Å². The Morgan fingerprint density at radius 2 is 1.65 bits per heavy atom. The highest BCUT2D eigenvalue weighted by atomic mass is 32.2. The third kappa shape index (κ3) is 4.07. The van der Waals surface area contributed by atoms with Crippen LogP contribution in [0.2, 0.25) is 0 Å². The molecule has 3 heterocycles. The Kier molecular flexibility index (Phi) is 5.58. The summed E-state index contributed by atoms with van der Waals surface area (Å²) in [6, 6.07) is 22.9. The zero-order valence-corrected chi connectivity index (χ0v) is 20.5. The Bertz CT molecular complexity index is 1570. The molecule has 0 aliphatic carbocycles. The maximum atomic E-state index is 13.9. The first-order valence-electron chi connectivity index (χ1n) is 11.8. The number of hydrogen-bond donors (Lipinski definition) is 3. The van der Waals surface area contributed by atoms with Crippen LogP contribution in [0.3, 0.4) is 0 Å². The van der Waals surface area contributed by atoms with E-state index in [2.05, 4.69) is 15.2 Å². The molecular weight excluding hydrogens is 490 g/mol. The van der Waals surface area contributed by atoms with Gasteiger partial charge in [0.25, 0.3) is 10.0 Å². The second-order valence-corrected chi connectivity index (χ2v) is 10.8. The van der Waals surface area contributed by atoms with Gasteiger partial charge in [0, 0.05) is 0 Å². The van der Waals surface area contributed by atoms with Gasteiger partial charge in [0.1, 0.15) is 17.7 Å². The number of sulfonamides is 1. The molecule has 188 valence electrons. The van der Waals surface area contributed by atoms with Crippen molar-refractivity contribution in [3.05, 3.63) is 96.2 Å². The molecule has 0 saturated carbocycles. The number of aromatic amines is 1. The van der Waals surface area contributed by atoms with Crippen LogP contribution < -0.4 is 20.5 Å². The number of aliphatic imine (C=N–C) groups is 1. The van der Waals surface area contributed by atoms with E-state index >= 15 is 0 Å². The van der Waals surface area contributed by atoms with Crippen LogP contribution in [0.5, 0.6) is 11.5 Å². The molecule has 37 heavy (non-hydrogen) atoms. The summed E-state index contributed by atoms with van der Waals surface area (Å²) in [5, 5.41) is 6.81. The van der Waals surface area contributed by atoms with Gasteiger partial charge in [-0.1, -0.05) is 36.4 Å². The topological polar surface area (TPSA) is 143 Å². The average molecular weight is 516 g/mol. The largest absolute Gasteiger partial charge is 0.457 e. The number of H-pyrrole nitrogens is 1. The second kappa shape index (κ2) is 8.95. The minimum Gasteiger partial charge on any atom is -0.457 e. The number of nitrogens with zero attached hydrogens (tertiary/aromatic N) is 4. The summed E-state index contributed by atoms with van der Waals surface area (Å²) in [4.78, 5) is 6.33. The van der Waals surface area contributed by atoms with Gasteiger partial charge in [-0.15, -0.1) is 0 Å². The van der Waals surface area contributed by atoms with Gasteiger partial charge >= 0.3 is 0 Å². The van der Waals surface area contributed by atoms with Gasteiger partial charge in [-0.05, 0) is 54.4 Å². The van der Waals surface area contributed by atoms with Crippen molar-refractivity contribution < 1.29 is 13.2 Å². The molecule has 0 amide bonds. The van der Waals surface area contributed by atoms with E-state index in [9.17, 15) is 8.42 Å². The normalized spacial score (nSPS) is 19.1. The molecule has 4 aromatic rings. The predicted octanol–water partition coefficient (Wildman–Crippen LogP) is 3.24. The lowest BCUT2D eigenvalue weighted by atomic mass is 9.97. The lowest BCUT2D eigenvalue weighted by molar-refractivity contribution is 0.233. The Morgan fingerprint density at radius 1 is 0.946 bits per heavy atom. The molecule has 6 rings (SSSR count). The molecule has 5 N–H and O–H groups in total. The van der Waals surface area contributed by atoms with Crippen LogP contribution in [0.1, 0.15) is 17.3 Å². The van der Waals surface area contributed by atoms with Crippen LogP contribution in [0.15, 0.2) is 94.9 Å². The van der Waals surface area contributed by atoms with Crippen LogP contribution in [0, 0.1) is 0 Å². The molecule has 0 spiro atoms. The van der Waals surface area contributed by atoms with Gasteiger partial charge in [-0.3, -0.25) is 9.40 Å². The molecule has 0 saturated heterocycles. The van der Waals surface area contributed by atoms with Gasteiger partial charge in [0.2, 0.25) is 0 Å². The highest BCUT2D eigenvalue weighted by Gasteiger charge is 2.40. The third-order valence-electron chi connectivity index (χ3n) is 6.63.